The monoisotopic (exact) mass is 631 g/mol. The standard InChI is InChI=1S/C29H35Cl2N7O3S/c1-36-8-10-37(11-9-36)22-2-3-24(27(17-22)32-21-5-12-41-13-6-21)29(39)33-28-25-18-38(7-4-26(25)34-35-28)42(40)23-15-19(30)14-20(31)16-23/h2-3,14-17,21,32H,4-13,18H2,1H3,(H2,33,34,35,39). The number of amides is 1. The number of hydrogen-bond donors (Lipinski definition) is 3. The lowest BCUT2D eigenvalue weighted by atomic mass is 10.1. The summed E-state index contributed by atoms with van der Waals surface area (Å²) in [7, 11) is 0.667. The number of likely N-dealkylation sites (N-methyl/N-ethyl adjacent to an activating group) is 1. The number of aromatic amines is 1. The number of H-pyrrole nitrogens is 1. The van der Waals surface area contributed by atoms with Crippen LogP contribution >= 0.6 is 23.2 Å². The van der Waals surface area contributed by atoms with Crippen LogP contribution in [0.25, 0.3) is 0 Å². The summed E-state index contributed by atoms with van der Waals surface area (Å²) in [5.74, 6) is 0.199. The van der Waals surface area contributed by atoms with Gasteiger partial charge in [0.1, 0.15) is 11.0 Å². The second-order valence-corrected chi connectivity index (χ2v) is 13.4. The molecule has 1 atom stereocenters. The Morgan fingerprint density at radius 3 is 2.52 bits per heavy atom. The highest BCUT2D eigenvalue weighted by atomic mass is 35.5. The molecule has 13 heteroatoms. The van der Waals surface area contributed by atoms with Gasteiger partial charge in [0.05, 0.1) is 10.5 Å². The Kier molecular flexibility index (Phi) is 9.04. The first-order chi connectivity index (χ1) is 20.3. The van der Waals surface area contributed by atoms with E-state index in [1.807, 2.05) is 16.4 Å². The molecule has 3 aromatic rings. The molecular weight excluding hydrogens is 597 g/mol. The smallest absolute Gasteiger partial charge is 0.258 e. The first-order valence-corrected chi connectivity index (χ1v) is 16.1. The number of fused-ring (bicyclic) bond motifs is 1. The highest BCUT2D eigenvalue weighted by Crippen LogP contribution is 2.31. The van der Waals surface area contributed by atoms with Crippen LogP contribution in [0.3, 0.4) is 0 Å². The number of aromatic nitrogens is 2. The van der Waals surface area contributed by atoms with Gasteiger partial charge < -0.3 is 25.2 Å². The van der Waals surface area contributed by atoms with Crippen LogP contribution in [0.2, 0.25) is 10.0 Å². The van der Waals surface area contributed by atoms with Crippen molar-refractivity contribution in [2.75, 3.05) is 68.5 Å². The van der Waals surface area contributed by atoms with Crippen molar-refractivity contribution in [2.45, 2.75) is 36.7 Å². The molecule has 42 heavy (non-hydrogen) atoms. The minimum Gasteiger partial charge on any atom is -0.381 e. The van der Waals surface area contributed by atoms with Crippen LogP contribution in [0.1, 0.15) is 34.5 Å². The molecule has 1 unspecified atom stereocenters. The predicted molar refractivity (Wildman–Crippen MR) is 167 cm³/mol. The van der Waals surface area contributed by atoms with Crippen molar-refractivity contribution in [1.29, 1.82) is 0 Å². The van der Waals surface area contributed by atoms with E-state index in [4.69, 9.17) is 27.9 Å². The Bertz CT molecular complexity index is 1450. The van der Waals surface area contributed by atoms with Crippen LogP contribution < -0.4 is 15.5 Å². The van der Waals surface area contributed by atoms with E-state index in [1.54, 1.807) is 18.2 Å². The van der Waals surface area contributed by atoms with Gasteiger partial charge >= 0.3 is 0 Å². The van der Waals surface area contributed by atoms with Crippen LogP contribution in [0.15, 0.2) is 41.3 Å². The van der Waals surface area contributed by atoms with Crippen LogP contribution in [-0.4, -0.2) is 88.5 Å². The second kappa shape index (κ2) is 12.9. The topological polar surface area (TPSA) is 106 Å². The fourth-order valence-electron chi connectivity index (χ4n) is 5.64. The van der Waals surface area contributed by atoms with E-state index in [1.165, 1.54) is 0 Å². The molecule has 3 aliphatic rings. The maximum absolute atomic E-state index is 13.7. The lowest BCUT2D eigenvalue weighted by Gasteiger charge is -2.34. The Balaban J connectivity index is 1.22. The van der Waals surface area contributed by atoms with Gasteiger partial charge in [-0.1, -0.05) is 23.2 Å². The summed E-state index contributed by atoms with van der Waals surface area (Å²) in [5, 5.41) is 15.0. The molecule has 4 heterocycles. The zero-order chi connectivity index (χ0) is 29.2. The third kappa shape index (κ3) is 6.61. The van der Waals surface area contributed by atoms with Crippen molar-refractivity contribution in [3.63, 3.8) is 0 Å². The molecular formula is C29H35Cl2N7O3S. The summed E-state index contributed by atoms with van der Waals surface area (Å²) in [4.78, 5) is 19.0. The van der Waals surface area contributed by atoms with Crippen molar-refractivity contribution in [3.8, 4) is 0 Å². The Morgan fingerprint density at radius 1 is 1.05 bits per heavy atom. The molecule has 0 spiro atoms. The highest BCUT2D eigenvalue weighted by Gasteiger charge is 2.28. The third-order valence-electron chi connectivity index (χ3n) is 8.10. The van der Waals surface area contributed by atoms with E-state index in [9.17, 15) is 9.00 Å². The van der Waals surface area contributed by atoms with E-state index in [-0.39, 0.29) is 11.9 Å². The molecule has 3 N–H and O–H groups in total. The molecule has 0 bridgehead atoms. The SMILES string of the molecule is CN1CCN(c2ccc(C(=O)Nc3n[nH]c4c3CN(S(=O)c3cc(Cl)cc(Cl)c3)CC4)c(NC3CCOCC3)c2)CC1. The van der Waals surface area contributed by atoms with Crippen molar-refractivity contribution in [3.05, 3.63) is 63.3 Å². The van der Waals surface area contributed by atoms with Gasteiger partial charge in [-0.25, -0.2) is 8.51 Å². The number of anilines is 3. The van der Waals surface area contributed by atoms with Gasteiger partial charge in [0.15, 0.2) is 5.82 Å². The normalized spacial score (nSPS) is 19.4. The number of benzene rings is 2. The Morgan fingerprint density at radius 2 is 1.79 bits per heavy atom. The number of nitrogens with one attached hydrogen (secondary N) is 3. The van der Waals surface area contributed by atoms with Gasteiger partial charge in [-0.15, -0.1) is 0 Å². The summed E-state index contributed by atoms with van der Waals surface area (Å²) in [6, 6.07) is 11.2. The molecule has 224 valence electrons. The number of nitrogens with zero attached hydrogens (tertiary/aromatic N) is 4. The lowest BCUT2D eigenvalue weighted by Crippen LogP contribution is -2.44. The quantitative estimate of drug-likeness (QED) is 0.355. The molecule has 2 saturated heterocycles. The van der Waals surface area contributed by atoms with E-state index < -0.39 is 11.0 Å². The van der Waals surface area contributed by atoms with Crippen molar-refractivity contribution >= 4 is 57.3 Å². The molecule has 10 nitrogen and oxygen atoms in total. The fourth-order valence-corrected chi connectivity index (χ4v) is 7.55. The van der Waals surface area contributed by atoms with Crippen LogP contribution in [0.4, 0.5) is 17.2 Å². The highest BCUT2D eigenvalue weighted by molar-refractivity contribution is 7.82. The summed E-state index contributed by atoms with van der Waals surface area (Å²) < 4.78 is 20.8. The number of carbonyl (C=O) groups is 1. The maximum atomic E-state index is 13.7. The average Bonchev–Trinajstić information content (AvgIpc) is 3.39. The third-order valence-corrected chi connectivity index (χ3v) is 9.96. The maximum Gasteiger partial charge on any atom is 0.258 e. The number of rotatable bonds is 7. The zero-order valence-electron chi connectivity index (χ0n) is 23.5. The molecule has 6 rings (SSSR count). The predicted octanol–water partition coefficient (Wildman–Crippen LogP) is 4.39. The zero-order valence-corrected chi connectivity index (χ0v) is 25.8. The summed E-state index contributed by atoms with van der Waals surface area (Å²) in [6.07, 6.45) is 2.39. The molecule has 1 aromatic heterocycles. The summed E-state index contributed by atoms with van der Waals surface area (Å²) in [5.41, 5.74) is 4.21. The first-order valence-electron chi connectivity index (χ1n) is 14.3. The van der Waals surface area contributed by atoms with E-state index in [2.05, 4.69) is 43.7 Å². The van der Waals surface area contributed by atoms with Gasteiger partial charge in [0.2, 0.25) is 0 Å². The van der Waals surface area contributed by atoms with Gasteiger partial charge in [-0.2, -0.15) is 5.10 Å². The van der Waals surface area contributed by atoms with Gasteiger partial charge in [-0.3, -0.25) is 9.89 Å². The molecule has 0 saturated carbocycles. The second-order valence-electron chi connectivity index (χ2n) is 11.0. The lowest BCUT2D eigenvalue weighted by molar-refractivity contribution is 0.0904. The van der Waals surface area contributed by atoms with Gasteiger partial charge in [-0.05, 0) is 56.3 Å². The molecule has 0 aliphatic carbocycles. The largest absolute Gasteiger partial charge is 0.381 e. The van der Waals surface area contributed by atoms with Gasteiger partial charge in [0.25, 0.3) is 5.91 Å². The van der Waals surface area contributed by atoms with E-state index in [0.29, 0.717) is 59.0 Å². The number of hydrogen-bond acceptors (Lipinski definition) is 7. The van der Waals surface area contributed by atoms with Crippen molar-refractivity contribution < 1.29 is 13.7 Å². The minimum atomic E-state index is -1.47. The molecule has 3 aliphatic heterocycles. The molecule has 2 fully saturated rings. The van der Waals surface area contributed by atoms with E-state index in [0.717, 1.165) is 61.7 Å². The first kappa shape index (κ1) is 29.4. The van der Waals surface area contributed by atoms with Crippen molar-refractivity contribution in [2.24, 2.45) is 0 Å². The Labute approximate surface area is 258 Å². The average molecular weight is 633 g/mol. The number of piperazine rings is 1. The molecule has 0 radical (unpaired) electrons. The van der Waals surface area contributed by atoms with Crippen LogP contribution in [0.5, 0.6) is 0 Å². The van der Waals surface area contributed by atoms with Gasteiger partial charge in [0, 0.05) is 97.6 Å². The molecule has 2 aromatic carbocycles. The minimum absolute atomic E-state index is 0.231. The summed E-state index contributed by atoms with van der Waals surface area (Å²) in [6.45, 7) is 6.21. The fraction of sp³-hybridized carbons (Fsp3) is 0.448. The van der Waals surface area contributed by atoms with Crippen LogP contribution in [0, 0.1) is 0 Å². The molecule has 1 amide bonds. The van der Waals surface area contributed by atoms with Crippen LogP contribution in [-0.2, 0) is 28.7 Å². The Hall–Kier alpha value is -2.67. The summed E-state index contributed by atoms with van der Waals surface area (Å²) >= 11 is 12.3. The number of ether oxygens (including phenoxy) is 1. The number of carbonyl (C=O) groups excluding carboxylic acids is 1. The van der Waals surface area contributed by atoms with E-state index >= 15 is 0 Å². The number of halogens is 2. The van der Waals surface area contributed by atoms with Crippen molar-refractivity contribution in [1.82, 2.24) is 19.4 Å².